The van der Waals surface area contributed by atoms with Crippen molar-refractivity contribution in [2.45, 2.75) is 38.8 Å². The number of rotatable bonds is 5. The smallest absolute Gasteiger partial charge is 0.0603 e. The Labute approximate surface area is 103 Å². The Balaban J connectivity index is 2.44. The molecule has 0 bridgehead atoms. The largest absolute Gasteiger partial charge is 0.390 e. The molecule has 0 fully saturated rings. The Bertz CT molecular complexity index is 333. The SMILES string of the molecule is CC(NCCC(C)(C)O)c1cccc(Cl)c1. The number of nitrogens with one attached hydrogen (secondary N) is 1. The van der Waals surface area contributed by atoms with Gasteiger partial charge in [-0.3, -0.25) is 0 Å². The third-order valence-electron chi connectivity index (χ3n) is 2.54. The molecule has 1 unspecified atom stereocenters. The summed E-state index contributed by atoms with van der Waals surface area (Å²) in [5, 5.41) is 13.7. The molecule has 2 nitrogen and oxygen atoms in total. The number of hydrogen-bond acceptors (Lipinski definition) is 2. The molecule has 1 rings (SSSR count). The van der Waals surface area contributed by atoms with Gasteiger partial charge < -0.3 is 10.4 Å². The van der Waals surface area contributed by atoms with Crippen molar-refractivity contribution in [2.75, 3.05) is 6.54 Å². The number of benzene rings is 1. The van der Waals surface area contributed by atoms with Crippen molar-refractivity contribution in [3.63, 3.8) is 0 Å². The van der Waals surface area contributed by atoms with Gasteiger partial charge in [0.1, 0.15) is 0 Å². The molecule has 1 atom stereocenters. The van der Waals surface area contributed by atoms with Gasteiger partial charge in [0.2, 0.25) is 0 Å². The highest BCUT2D eigenvalue weighted by molar-refractivity contribution is 6.30. The number of hydrogen-bond donors (Lipinski definition) is 2. The minimum atomic E-state index is -0.610. The van der Waals surface area contributed by atoms with Gasteiger partial charge in [0, 0.05) is 11.1 Å². The molecule has 3 heteroatoms. The van der Waals surface area contributed by atoms with Crippen LogP contribution in [0.5, 0.6) is 0 Å². The molecule has 1 aromatic carbocycles. The lowest BCUT2D eigenvalue weighted by molar-refractivity contribution is 0.0705. The molecule has 90 valence electrons. The molecule has 2 N–H and O–H groups in total. The van der Waals surface area contributed by atoms with Crippen LogP contribution in [0.2, 0.25) is 5.02 Å². The minimum absolute atomic E-state index is 0.251. The molecule has 0 aliphatic heterocycles. The van der Waals surface area contributed by atoms with E-state index in [1.165, 1.54) is 5.56 Å². The topological polar surface area (TPSA) is 32.3 Å². The highest BCUT2D eigenvalue weighted by atomic mass is 35.5. The van der Waals surface area contributed by atoms with Crippen LogP contribution >= 0.6 is 11.6 Å². The van der Waals surface area contributed by atoms with Crippen molar-refractivity contribution in [3.05, 3.63) is 34.9 Å². The van der Waals surface area contributed by atoms with Crippen LogP contribution in [0, 0.1) is 0 Å². The lowest BCUT2D eigenvalue weighted by atomic mass is 10.0. The molecule has 0 amide bonds. The highest BCUT2D eigenvalue weighted by Gasteiger charge is 2.12. The zero-order chi connectivity index (χ0) is 12.2. The lowest BCUT2D eigenvalue weighted by Gasteiger charge is -2.20. The maximum absolute atomic E-state index is 9.58. The van der Waals surface area contributed by atoms with E-state index in [2.05, 4.69) is 12.2 Å². The van der Waals surface area contributed by atoms with Gasteiger partial charge in [-0.25, -0.2) is 0 Å². The summed E-state index contributed by atoms with van der Waals surface area (Å²) >= 11 is 5.93. The highest BCUT2D eigenvalue weighted by Crippen LogP contribution is 2.17. The van der Waals surface area contributed by atoms with Crippen molar-refractivity contribution in [1.82, 2.24) is 5.32 Å². The fraction of sp³-hybridized carbons (Fsp3) is 0.538. The number of aliphatic hydroxyl groups is 1. The first-order valence-electron chi connectivity index (χ1n) is 5.60. The quantitative estimate of drug-likeness (QED) is 0.830. The molecule has 0 aromatic heterocycles. The standard InChI is InChI=1S/C13H20ClNO/c1-10(15-8-7-13(2,3)16)11-5-4-6-12(14)9-11/h4-6,9-10,15-16H,7-8H2,1-3H3. The fourth-order valence-corrected chi connectivity index (χ4v) is 1.69. The van der Waals surface area contributed by atoms with Gasteiger partial charge >= 0.3 is 0 Å². The van der Waals surface area contributed by atoms with E-state index in [0.29, 0.717) is 0 Å². The van der Waals surface area contributed by atoms with Crippen LogP contribution in [0.1, 0.15) is 38.8 Å². The normalized spacial score (nSPS) is 13.8. The molecular weight excluding hydrogens is 222 g/mol. The van der Waals surface area contributed by atoms with E-state index < -0.39 is 5.60 Å². The second-order valence-electron chi connectivity index (χ2n) is 4.79. The maximum atomic E-state index is 9.58. The zero-order valence-electron chi connectivity index (χ0n) is 10.1. The Morgan fingerprint density at radius 3 is 2.69 bits per heavy atom. The van der Waals surface area contributed by atoms with Crippen LogP contribution in [-0.4, -0.2) is 17.3 Å². The van der Waals surface area contributed by atoms with Crippen molar-refractivity contribution in [1.29, 1.82) is 0 Å². The second kappa shape index (κ2) is 5.67. The summed E-state index contributed by atoms with van der Waals surface area (Å²) in [5.41, 5.74) is 0.560. The van der Waals surface area contributed by atoms with E-state index in [9.17, 15) is 5.11 Å². The molecule has 16 heavy (non-hydrogen) atoms. The fourth-order valence-electron chi connectivity index (χ4n) is 1.49. The predicted molar refractivity (Wildman–Crippen MR) is 68.8 cm³/mol. The Kier molecular flexibility index (Phi) is 4.78. The summed E-state index contributed by atoms with van der Waals surface area (Å²) in [4.78, 5) is 0. The molecule has 0 radical (unpaired) electrons. The molecule has 0 saturated carbocycles. The van der Waals surface area contributed by atoms with Gasteiger partial charge in [-0.15, -0.1) is 0 Å². The van der Waals surface area contributed by atoms with Gasteiger partial charge in [0.05, 0.1) is 5.60 Å². The van der Waals surface area contributed by atoms with Crippen molar-refractivity contribution in [2.24, 2.45) is 0 Å². The van der Waals surface area contributed by atoms with Gasteiger partial charge in [0.25, 0.3) is 0 Å². The summed E-state index contributed by atoms with van der Waals surface area (Å²) in [6.07, 6.45) is 0.734. The van der Waals surface area contributed by atoms with Crippen LogP contribution < -0.4 is 5.32 Å². The average Bonchev–Trinajstić information content (AvgIpc) is 2.15. The first kappa shape index (κ1) is 13.5. The summed E-state index contributed by atoms with van der Waals surface area (Å²) in [7, 11) is 0. The van der Waals surface area contributed by atoms with E-state index in [-0.39, 0.29) is 6.04 Å². The lowest BCUT2D eigenvalue weighted by Crippen LogP contribution is -2.28. The second-order valence-corrected chi connectivity index (χ2v) is 5.23. The zero-order valence-corrected chi connectivity index (χ0v) is 10.9. The third kappa shape index (κ3) is 4.97. The van der Waals surface area contributed by atoms with Crippen molar-refractivity contribution >= 4 is 11.6 Å². The van der Waals surface area contributed by atoms with Crippen LogP contribution in [-0.2, 0) is 0 Å². The van der Waals surface area contributed by atoms with E-state index in [0.717, 1.165) is 18.0 Å². The van der Waals surface area contributed by atoms with Crippen LogP contribution in [0.25, 0.3) is 0 Å². The van der Waals surface area contributed by atoms with Crippen LogP contribution in [0.15, 0.2) is 24.3 Å². The van der Waals surface area contributed by atoms with E-state index in [4.69, 9.17) is 11.6 Å². The maximum Gasteiger partial charge on any atom is 0.0603 e. The summed E-state index contributed by atoms with van der Waals surface area (Å²) in [6.45, 7) is 6.52. The van der Waals surface area contributed by atoms with Crippen LogP contribution in [0.3, 0.4) is 0 Å². The summed E-state index contributed by atoms with van der Waals surface area (Å²) in [6, 6.07) is 8.08. The van der Waals surface area contributed by atoms with Gasteiger partial charge in [-0.1, -0.05) is 23.7 Å². The Morgan fingerprint density at radius 2 is 2.12 bits per heavy atom. The molecular formula is C13H20ClNO. The van der Waals surface area contributed by atoms with Gasteiger partial charge in [0.15, 0.2) is 0 Å². The third-order valence-corrected chi connectivity index (χ3v) is 2.77. The van der Waals surface area contributed by atoms with E-state index >= 15 is 0 Å². The molecule has 0 aliphatic carbocycles. The molecule has 0 heterocycles. The summed E-state index contributed by atoms with van der Waals surface area (Å²) < 4.78 is 0. The molecule has 0 aliphatic rings. The minimum Gasteiger partial charge on any atom is -0.390 e. The predicted octanol–water partition coefficient (Wildman–Crippen LogP) is 3.15. The summed E-state index contributed by atoms with van der Waals surface area (Å²) in [5.74, 6) is 0. The number of halogens is 1. The van der Waals surface area contributed by atoms with Crippen LogP contribution in [0.4, 0.5) is 0 Å². The Hall–Kier alpha value is -0.570. The first-order chi connectivity index (χ1) is 7.38. The monoisotopic (exact) mass is 241 g/mol. The van der Waals surface area contributed by atoms with Crippen molar-refractivity contribution in [3.8, 4) is 0 Å². The Morgan fingerprint density at radius 1 is 1.44 bits per heavy atom. The molecule has 0 saturated heterocycles. The van der Waals surface area contributed by atoms with E-state index in [1.807, 2.05) is 38.1 Å². The van der Waals surface area contributed by atoms with E-state index in [1.54, 1.807) is 0 Å². The molecule has 1 aromatic rings. The average molecular weight is 242 g/mol. The first-order valence-corrected chi connectivity index (χ1v) is 5.97. The van der Waals surface area contributed by atoms with Crippen molar-refractivity contribution < 1.29 is 5.11 Å². The van der Waals surface area contributed by atoms with Gasteiger partial charge in [-0.05, 0) is 51.4 Å². The van der Waals surface area contributed by atoms with Gasteiger partial charge in [-0.2, -0.15) is 0 Å². The molecule has 0 spiro atoms.